The monoisotopic (exact) mass is 275 g/mol. The van der Waals surface area contributed by atoms with Crippen LogP contribution in [0.4, 0.5) is 0 Å². The quantitative estimate of drug-likeness (QED) is 0.774. The highest BCUT2D eigenvalue weighted by atomic mass is 16.5. The van der Waals surface area contributed by atoms with Crippen molar-refractivity contribution in [2.75, 3.05) is 13.2 Å². The summed E-state index contributed by atoms with van der Waals surface area (Å²) in [7, 11) is 0. The zero-order valence-corrected chi connectivity index (χ0v) is 12.1. The van der Waals surface area contributed by atoms with Crippen LogP contribution >= 0.6 is 0 Å². The number of hydrogen-bond acceptors (Lipinski definition) is 3. The first-order valence-corrected chi connectivity index (χ1v) is 7.54. The third-order valence-electron chi connectivity index (χ3n) is 3.80. The average molecular weight is 275 g/mol. The summed E-state index contributed by atoms with van der Waals surface area (Å²) in [5.41, 5.74) is 5.60. The van der Waals surface area contributed by atoms with Crippen LogP contribution in [0.2, 0.25) is 0 Å². The number of nitrogens with two attached hydrogens (primary N) is 1. The smallest absolute Gasteiger partial charge is 0.129 e. The molecule has 0 aromatic heterocycles. The standard InChI is InChI=1S/C17H25NO2/c1-2-15(12-18)20-17-10-6-9-16(11-17)19-13-14-7-4-3-5-8-14/h2,6,9-11,14-15H,1,3-5,7-8,12-13,18H2. The molecule has 2 N–H and O–H groups in total. The third-order valence-corrected chi connectivity index (χ3v) is 3.80. The minimum absolute atomic E-state index is 0.149. The molecule has 0 bridgehead atoms. The van der Waals surface area contributed by atoms with Crippen LogP contribution in [0.15, 0.2) is 36.9 Å². The van der Waals surface area contributed by atoms with Crippen LogP contribution in [0, 0.1) is 5.92 Å². The molecule has 1 aliphatic rings. The van der Waals surface area contributed by atoms with Gasteiger partial charge in [0.2, 0.25) is 0 Å². The van der Waals surface area contributed by atoms with E-state index in [0.717, 1.165) is 18.1 Å². The SMILES string of the molecule is C=CC(CN)Oc1cccc(OCC2CCCCC2)c1. The van der Waals surface area contributed by atoms with Gasteiger partial charge in [0.25, 0.3) is 0 Å². The summed E-state index contributed by atoms with van der Waals surface area (Å²) < 4.78 is 11.6. The third kappa shape index (κ3) is 4.57. The van der Waals surface area contributed by atoms with Crippen LogP contribution in [0.5, 0.6) is 11.5 Å². The molecular weight excluding hydrogens is 250 g/mol. The molecule has 110 valence electrons. The Kier molecular flexibility index (Phi) is 5.93. The van der Waals surface area contributed by atoms with Crippen molar-refractivity contribution in [3.63, 3.8) is 0 Å². The highest BCUT2D eigenvalue weighted by Gasteiger charge is 2.14. The maximum absolute atomic E-state index is 5.90. The first kappa shape index (κ1) is 14.9. The molecule has 0 aliphatic heterocycles. The molecule has 1 fully saturated rings. The molecule has 1 saturated carbocycles. The molecule has 0 amide bonds. The zero-order valence-electron chi connectivity index (χ0n) is 12.1. The zero-order chi connectivity index (χ0) is 14.2. The Morgan fingerprint density at radius 2 is 2.00 bits per heavy atom. The van der Waals surface area contributed by atoms with E-state index in [-0.39, 0.29) is 6.10 Å². The van der Waals surface area contributed by atoms with Gasteiger partial charge in [0.05, 0.1) is 6.61 Å². The lowest BCUT2D eigenvalue weighted by Gasteiger charge is -2.22. The van der Waals surface area contributed by atoms with Crippen molar-refractivity contribution < 1.29 is 9.47 Å². The summed E-state index contributed by atoms with van der Waals surface area (Å²) in [6.07, 6.45) is 8.22. The van der Waals surface area contributed by atoms with Crippen LogP contribution in [0.1, 0.15) is 32.1 Å². The summed E-state index contributed by atoms with van der Waals surface area (Å²) in [5.74, 6) is 2.35. The molecule has 0 spiro atoms. The fourth-order valence-electron chi connectivity index (χ4n) is 2.57. The molecule has 0 heterocycles. The van der Waals surface area contributed by atoms with Gasteiger partial charge in [-0.05, 0) is 30.9 Å². The molecule has 1 aliphatic carbocycles. The summed E-state index contributed by atoms with van der Waals surface area (Å²) in [5, 5.41) is 0. The van der Waals surface area contributed by atoms with Crippen molar-refractivity contribution >= 4 is 0 Å². The largest absolute Gasteiger partial charge is 0.493 e. The minimum atomic E-state index is -0.149. The second kappa shape index (κ2) is 7.95. The summed E-state index contributed by atoms with van der Waals surface area (Å²) >= 11 is 0. The van der Waals surface area contributed by atoms with E-state index in [1.54, 1.807) is 6.08 Å². The average Bonchev–Trinajstić information content (AvgIpc) is 2.52. The summed E-state index contributed by atoms with van der Waals surface area (Å²) in [6, 6.07) is 7.76. The Morgan fingerprint density at radius 1 is 1.25 bits per heavy atom. The van der Waals surface area contributed by atoms with Crippen molar-refractivity contribution in [3.05, 3.63) is 36.9 Å². The van der Waals surface area contributed by atoms with Crippen molar-refractivity contribution in [2.24, 2.45) is 11.7 Å². The van der Waals surface area contributed by atoms with E-state index in [1.165, 1.54) is 32.1 Å². The maximum atomic E-state index is 5.90. The molecule has 20 heavy (non-hydrogen) atoms. The van der Waals surface area contributed by atoms with E-state index in [2.05, 4.69) is 6.58 Å². The van der Waals surface area contributed by atoms with Crippen LogP contribution in [0.3, 0.4) is 0 Å². The molecule has 2 rings (SSSR count). The maximum Gasteiger partial charge on any atom is 0.129 e. The van der Waals surface area contributed by atoms with Gasteiger partial charge in [0.15, 0.2) is 0 Å². The second-order valence-electron chi connectivity index (χ2n) is 5.42. The van der Waals surface area contributed by atoms with Crippen molar-refractivity contribution in [2.45, 2.75) is 38.2 Å². The molecule has 0 saturated heterocycles. The van der Waals surface area contributed by atoms with E-state index in [4.69, 9.17) is 15.2 Å². The van der Waals surface area contributed by atoms with Crippen LogP contribution < -0.4 is 15.2 Å². The van der Waals surface area contributed by atoms with Gasteiger partial charge in [-0.1, -0.05) is 38.0 Å². The number of ether oxygens (including phenoxy) is 2. The number of hydrogen-bond donors (Lipinski definition) is 1. The molecular formula is C17H25NO2. The lowest BCUT2D eigenvalue weighted by molar-refractivity contribution is 0.206. The van der Waals surface area contributed by atoms with E-state index >= 15 is 0 Å². The van der Waals surface area contributed by atoms with Crippen LogP contribution in [0.25, 0.3) is 0 Å². The predicted octanol–water partition coefficient (Wildman–Crippen LogP) is 3.54. The molecule has 1 aromatic carbocycles. The van der Waals surface area contributed by atoms with E-state index < -0.39 is 0 Å². The number of rotatable bonds is 7. The van der Waals surface area contributed by atoms with Crippen molar-refractivity contribution in [1.82, 2.24) is 0 Å². The fraction of sp³-hybridized carbons (Fsp3) is 0.529. The minimum Gasteiger partial charge on any atom is -0.493 e. The molecule has 1 unspecified atom stereocenters. The number of benzene rings is 1. The lowest BCUT2D eigenvalue weighted by atomic mass is 9.90. The molecule has 3 nitrogen and oxygen atoms in total. The van der Waals surface area contributed by atoms with E-state index in [9.17, 15) is 0 Å². The Balaban J connectivity index is 1.86. The van der Waals surface area contributed by atoms with Crippen molar-refractivity contribution in [1.29, 1.82) is 0 Å². The normalized spacial score (nSPS) is 17.4. The fourth-order valence-corrected chi connectivity index (χ4v) is 2.57. The summed E-state index contributed by atoms with van der Waals surface area (Å²) in [6.45, 7) is 4.95. The van der Waals surface area contributed by atoms with Gasteiger partial charge in [-0.25, -0.2) is 0 Å². The van der Waals surface area contributed by atoms with E-state index in [1.807, 2.05) is 24.3 Å². The first-order valence-electron chi connectivity index (χ1n) is 7.54. The summed E-state index contributed by atoms with van der Waals surface area (Å²) in [4.78, 5) is 0. The van der Waals surface area contributed by atoms with Gasteiger partial charge in [0, 0.05) is 12.6 Å². The molecule has 1 atom stereocenters. The van der Waals surface area contributed by atoms with Crippen LogP contribution in [-0.2, 0) is 0 Å². The highest BCUT2D eigenvalue weighted by Crippen LogP contribution is 2.26. The molecule has 3 heteroatoms. The topological polar surface area (TPSA) is 44.5 Å². The Hall–Kier alpha value is -1.48. The lowest BCUT2D eigenvalue weighted by Crippen LogP contribution is -2.24. The van der Waals surface area contributed by atoms with Gasteiger partial charge in [0.1, 0.15) is 17.6 Å². The Labute approximate surface area is 121 Å². The first-order chi connectivity index (χ1) is 9.81. The highest BCUT2D eigenvalue weighted by molar-refractivity contribution is 5.33. The second-order valence-corrected chi connectivity index (χ2v) is 5.42. The van der Waals surface area contributed by atoms with Crippen molar-refractivity contribution in [3.8, 4) is 11.5 Å². The molecule has 0 radical (unpaired) electrons. The van der Waals surface area contributed by atoms with Gasteiger partial charge in [-0.3, -0.25) is 0 Å². The Bertz CT molecular complexity index is 413. The van der Waals surface area contributed by atoms with Gasteiger partial charge < -0.3 is 15.2 Å². The van der Waals surface area contributed by atoms with Gasteiger partial charge in [-0.2, -0.15) is 0 Å². The van der Waals surface area contributed by atoms with Gasteiger partial charge >= 0.3 is 0 Å². The Morgan fingerprint density at radius 3 is 2.70 bits per heavy atom. The van der Waals surface area contributed by atoms with Gasteiger partial charge in [-0.15, -0.1) is 0 Å². The molecule has 1 aromatic rings. The predicted molar refractivity (Wildman–Crippen MR) is 82.2 cm³/mol. The van der Waals surface area contributed by atoms with Crippen LogP contribution in [-0.4, -0.2) is 19.3 Å². The van der Waals surface area contributed by atoms with E-state index in [0.29, 0.717) is 12.5 Å².